The zero-order valence-corrected chi connectivity index (χ0v) is 9.61. The van der Waals surface area contributed by atoms with Crippen molar-refractivity contribution in [1.82, 2.24) is 0 Å². The third kappa shape index (κ3) is 1.24. The standard InChI is InChI=1S/C13H14S/c1-9-8-10-6-4-5-7-11(10)13(2,3)12(9)14/h4-8H,1-3H3. The monoisotopic (exact) mass is 202 g/mol. The van der Waals surface area contributed by atoms with Gasteiger partial charge in [-0.25, -0.2) is 0 Å². The van der Waals surface area contributed by atoms with Gasteiger partial charge in [-0.15, -0.1) is 0 Å². The van der Waals surface area contributed by atoms with Crippen molar-refractivity contribution < 1.29 is 0 Å². The van der Waals surface area contributed by atoms with Crippen molar-refractivity contribution >= 4 is 23.2 Å². The van der Waals surface area contributed by atoms with Crippen LogP contribution in [0.3, 0.4) is 0 Å². The van der Waals surface area contributed by atoms with Crippen molar-refractivity contribution in [2.24, 2.45) is 0 Å². The van der Waals surface area contributed by atoms with Gasteiger partial charge < -0.3 is 0 Å². The number of fused-ring (bicyclic) bond motifs is 1. The molecule has 1 aromatic rings. The molecule has 0 saturated carbocycles. The molecule has 0 aliphatic heterocycles. The molecule has 1 aliphatic rings. The van der Waals surface area contributed by atoms with Crippen molar-refractivity contribution in [2.45, 2.75) is 26.2 Å². The van der Waals surface area contributed by atoms with Crippen LogP contribution >= 0.6 is 12.2 Å². The van der Waals surface area contributed by atoms with Crippen LogP contribution in [0.1, 0.15) is 31.9 Å². The molecule has 0 fully saturated rings. The Labute approximate surface area is 90.6 Å². The molecule has 1 aromatic carbocycles. The predicted molar refractivity (Wildman–Crippen MR) is 65.7 cm³/mol. The fourth-order valence-electron chi connectivity index (χ4n) is 2.11. The number of thiocarbonyl (C=S) groups is 1. The van der Waals surface area contributed by atoms with E-state index in [1.165, 1.54) is 16.7 Å². The maximum Gasteiger partial charge on any atom is 0.0281 e. The van der Waals surface area contributed by atoms with E-state index >= 15 is 0 Å². The Morgan fingerprint density at radius 3 is 2.50 bits per heavy atom. The summed E-state index contributed by atoms with van der Waals surface area (Å²) < 4.78 is 0. The Morgan fingerprint density at radius 1 is 1.14 bits per heavy atom. The highest BCUT2D eigenvalue weighted by atomic mass is 32.1. The van der Waals surface area contributed by atoms with E-state index in [1.54, 1.807) is 0 Å². The molecule has 0 spiro atoms. The van der Waals surface area contributed by atoms with Gasteiger partial charge in [0.25, 0.3) is 0 Å². The van der Waals surface area contributed by atoms with Crippen LogP contribution in [0.25, 0.3) is 6.08 Å². The van der Waals surface area contributed by atoms with E-state index in [0.717, 1.165) is 4.86 Å². The van der Waals surface area contributed by atoms with Crippen molar-refractivity contribution in [3.63, 3.8) is 0 Å². The van der Waals surface area contributed by atoms with Crippen LogP contribution in [0.5, 0.6) is 0 Å². The van der Waals surface area contributed by atoms with Gasteiger partial charge >= 0.3 is 0 Å². The van der Waals surface area contributed by atoms with Crippen LogP contribution in [0, 0.1) is 0 Å². The Kier molecular flexibility index (Phi) is 2.07. The van der Waals surface area contributed by atoms with Crippen molar-refractivity contribution in [3.8, 4) is 0 Å². The van der Waals surface area contributed by atoms with E-state index in [1.807, 2.05) is 0 Å². The van der Waals surface area contributed by atoms with Gasteiger partial charge in [0.05, 0.1) is 0 Å². The van der Waals surface area contributed by atoms with E-state index in [0.29, 0.717) is 0 Å². The molecule has 14 heavy (non-hydrogen) atoms. The molecule has 2 rings (SSSR count). The fraction of sp³-hybridized carbons (Fsp3) is 0.308. The first kappa shape index (κ1) is 9.60. The Hall–Kier alpha value is -0.950. The number of hydrogen-bond acceptors (Lipinski definition) is 1. The minimum absolute atomic E-state index is 0.00472. The van der Waals surface area contributed by atoms with Gasteiger partial charge in [0.15, 0.2) is 0 Å². The van der Waals surface area contributed by atoms with Crippen LogP contribution in [0.4, 0.5) is 0 Å². The topological polar surface area (TPSA) is 0 Å². The molecule has 0 N–H and O–H groups in total. The molecule has 1 aliphatic carbocycles. The van der Waals surface area contributed by atoms with Gasteiger partial charge in [0, 0.05) is 10.3 Å². The lowest BCUT2D eigenvalue weighted by Gasteiger charge is -2.32. The summed E-state index contributed by atoms with van der Waals surface area (Å²) >= 11 is 5.47. The highest BCUT2D eigenvalue weighted by molar-refractivity contribution is 7.81. The third-order valence-electron chi connectivity index (χ3n) is 2.93. The first-order valence-electron chi connectivity index (χ1n) is 4.86. The number of allylic oxidation sites excluding steroid dienone is 1. The average Bonchev–Trinajstić information content (AvgIpc) is 2.15. The Bertz CT molecular complexity index is 425. The SMILES string of the molecule is CC1=Cc2ccccc2C(C)(C)C1=S. The van der Waals surface area contributed by atoms with Gasteiger partial charge in [0.1, 0.15) is 0 Å². The highest BCUT2D eigenvalue weighted by Gasteiger charge is 2.31. The van der Waals surface area contributed by atoms with Crippen LogP contribution in [0.15, 0.2) is 29.8 Å². The molecule has 0 saturated heterocycles. The van der Waals surface area contributed by atoms with E-state index in [9.17, 15) is 0 Å². The minimum atomic E-state index is 0.00472. The molecule has 72 valence electrons. The Balaban J connectivity index is 2.72. The van der Waals surface area contributed by atoms with E-state index in [2.05, 4.69) is 51.1 Å². The number of hydrogen-bond donors (Lipinski definition) is 0. The second-order valence-electron chi connectivity index (χ2n) is 4.37. The average molecular weight is 202 g/mol. The van der Waals surface area contributed by atoms with Gasteiger partial charge in [-0.2, -0.15) is 0 Å². The van der Waals surface area contributed by atoms with Gasteiger partial charge in [0.2, 0.25) is 0 Å². The molecule has 0 aromatic heterocycles. The lowest BCUT2D eigenvalue weighted by atomic mass is 9.73. The number of rotatable bonds is 0. The molecular weight excluding hydrogens is 188 g/mol. The zero-order chi connectivity index (χ0) is 10.3. The highest BCUT2D eigenvalue weighted by Crippen LogP contribution is 2.36. The molecule has 0 radical (unpaired) electrons. The van der Waals surface area contributed by atoms with Crippen LogP contribution in [0.2, 0.25) is 0 Å². The van der Waals surface area contributed by atoms with Crippen LogP contribution < -0.4 is 0 Å². The summed E-state index contributed by atoms with van der Waals surface area (Å²) in [4.78, 5) is 1.07. The van der Waals surface area contributed by atoms with Gasteiger partial charge in [-0.1, -0.05) is 56.4 Å². The molecular formula is C13H14S. The normalized spacial score (nSPS) is 18.8. The van der Waals surface area contributed by atoms with Crippen LogP contribution in [-0.4, -0.2) is 4.86 Å². The van der Waals surface area contributed by atoms with Crippen LogP contribution in [-0.2, 0) is 5.41 Å². The summed E-state index contributed by atoms with van der Waals surface area (Å²) in [6.45, 7) is 6.50. The minimum Gasteiger partial charge on any atom is -0.0837 e. The summed E-state index contributed by atoms with van der Waals surface area (Å²) in [5.41, 5.74) is 3.88. The number of benzene rings is 1. The summed E-state index contributed by atoms with van der Waals surface area (Å²) in [7, 11) is 0. The molecule has 0 bridgehead atoms. The first-order chi connectivity index (χ1) is 6.53. The lowest BCUT2D eigenvalue weighted by Crippen LogP contribution is -2.31. The van der Waals surface area contributed by atoms with Crippen molar-refractivity contribution in [3.05, 3.63) is 41.0 Å². The smallest absolute Gasteiger partial charge is 0.0281 e. The second-order valence-corrected chi connectivity index (χ2v) is 4.78. The molecule has 1 heteroatoms. The molecule has 0 unspecified atom stereocenters. The molecule has 0 heterocycles. The first-order valence-corrected chi connectivity index (χ1v) is 5.27. The third-order valence-corrected chi connectivity index (χ3v) is 3.76. The Morgan fingerprint density at radius 2 is 1.79 bits per heavy atom. The summed E-state index contributed by atoms with van der Waals surface area (Å²) in [5.74, 6) is 0. The van der Waals surface area contributed by atoms with E-state index < -0.39 is 0 Å². The molecule has 0 atom stereocenters. The van der Waals surface area contributed by atoms with E-state index in [4.69, 9.17) is 12.2 Å². The largest absolute Gasteiger partial charge is 0.0837 e. The van der Waals surface area contributed by atoms with Crippen molar-refractivity contribution in [2.75, 3.05) is 0 Å². The molecule has 0 amide bonds. The maximum absolute atomic E-state index is 5.47. The van der Waals surface area contributed by atoms with Gasteiger partial charge in [-0.3, -0.25) is 0 Å². The molecule has 0 nitrogen and oxygen atoms in total. The zero-order valence-electron chi connectivity index (χ0n) is 8.79. The fourth-order valence-corrected chi connectivity index (χ4v) is 2.27. The summed E-state index contributed by atoms with van der Waals surface area (Å²) in [5, 5.41) is 0. The maximum atomic E-state index is 5.47. The summed E-state index contributed by atoms with van der Waals surface area (Å²) in [6.07, 6.45) is 2.18. The van der Waals surface area contributed by atoms with E-state index in [-0.39, 0.29) is 5.41 Å². The van der Waals surface area contributed by atoms with Gasteiger partial charge in [-0.05, 0) is 23.6 Å². The second kappa shape index (κ2) is 3.03. The summed E-state index contributed by atoms with van der Waals surface area (Å²) in [6, 6.07) is 8.48. The van der Waals surface area contributed by atoms with Crippen molar-refractivity contribution in [1.29, 1.82) is 0 Å². The predicted octanol–water partition coefficient (Wildman–Crippen LogP) is 3.75. The quantitative estimate of drug-likeness (QED) is 0.577. The lowest BCUT2D eigenvalue weighted by molar-refractivity contribution is 0.722.